The molecule has 0 saturated heterocycles. The molecule has 0 aliphatic rings. The summed E-state index contributed by atoms with van der Waals surface area (Å²) in [6.07, 6.45) is 65.3. The summed E-state index contributed by atoms with van der Waals surface area (Å²) < 4.78 is 68.6. The highest BCUT2D eigenvalue weighted by molar-refractivity contribution is 7.47. The van der Waals surface area contributed by atoms with Gasteiger partial charge in [0.1, 0.15) is 19.3 Å². The molecule has 2 unspecified atom stereocenters. The van der Waals surface area contributed by atoms with Crippen LogP contribution in [0.1, 0.15) is 426 Å². The monoisotopic (exact) mass is 1440 g/mol. The summed E-state index contributed by atoms with van der Waals surface area (Å²) in [5, 5.41) is 10.6. The summed E-state index contributed by atoms with van der Waals surface area (Å²) in [4.78, 5) is 72.8. The first-order valence-corrected chi connectivity index (χ1v) is 44.3. The van der Waals surface area contributed by atoms with Gasteiger partial charge in [-0.2, -0.15) is 0 Å². The Morgan fingerprint density at radius 2 is 0.408 bits per heavy atom. The van der Waals surface area contributed by atoms with Crippen LogP contribution in [0, 0.1) is 0 Å². The number of phosphoric ester groups is 2. The van der Waals surface area contributed by atoms with E-state index in [1.54, 1.807) is 0 Å². The molecule has 19 heteroatoms. The lowest BCUT2D eigenvalue weighted by Gasteiger charge is -2.21. The van der Waals surface area contributed by atoms with Gasteiger partial charge in [0.25, 0.3) is 0 Å². The molecule has 0 heterocycles. The summed E-state index contributed by atoms with van der Waals surface area (Å²) in [7, 11) is -9.91. The number of aliphatic hydroxyl groups excluding tert-OH is 1. The fourth-order valence-corrected chi connectivity index (χ4v) is 13.9. The average molecular weight is 1440 g/mol. The van der Waals surface area contributed by atoms with Crippen LogP contribution < -0.4 is 0 Å². The minimum atomic E-state index is -4.96. The molecule has 0 aromatic rings. The molecule has 0 aromatic heterocycles. The molecule has 0 spiro atoms. The lowest BCUT2D eigenvalue weighted by molar-refractivity contribution is -0.161. The highest BCUT2D eigenvalue weighted by Gasteiger charge is 2.30. The maximum Gasteiger partial charge on any atom is 0.472 e. The maximum absolute atomic E-state index is 13.1. The SMILES string of the molecule is CCCCCCCCCCCCCCCCCCCCCCCCC(=O)O[C@H](COC(=O)CCCCCCCCCCCCCCCCC)COP(=O)(O)OC[C@@H](O)COP(=O)(O)OC[C@@H](COC(=O)CCCCCCCCCCC)OC(=O)CCCCCCCCCCCCCC. The van der Waals surface area contributed by atoms with Gasteiger partial charge in [0.2, 0.25) is 0 Å². The predicted molar refractivity (Wildman–Crippen MR) is 400 cm³/mol. The van der Waals surface area contributed by atoms with Crippen molar-refractivity contribution in [2.45, 2.75) is 444 Å². The minimum absolute atomic E-state index is 0.108. The van der Waals surface area contributed by atoms with Crippen LogP contribution >= 0.6 is 15.6 Å². The number of carbonyl (C=O) groups is 4. The highest BCUT2D eigenvalue weighted by atomic mass is 31.2. The third-order valence-corrected chi connectivity index (χ3v) is 20.5. The molecule has 0 bridgehead atoms. The van der Waals surface area contributed by atoms with Gasteiger partial charge in [-0.05, 0) is 25.7 Å². The number of phosphoric acid groups is 2. The van der Waals surface area contributed by atoms with Crippen LogP contribution in [0.4, 0.5) is 0 Å². The summed E-state index contributed by atoms with van der Waals surface area (Å²) >= 11 is 0. The second-order valence-corrected chi connectivity index (χ2v) is 31.4. The Kier molecular flexibility index (Phi) is 71.9. The molecule has 0 fully saturated rings. The van der Waals surface area contributed by atoms with E-state index in [2.05, 4.69) is 27.7 Å². The Bertz CT molecular complexity index is 1860. The third-order valence-electron chi connectivity index (χ3n) is 18.6. The number of ether oxygens (including phenoxy) is 4. The zero-order valence-corrected chi connectivity index (χ0v) is 65.6. The maximum atomic E-state index is 13.1. The van der Waals surface area contributed by atoms with Crippen LogP contribution in [0.2, 0.25) is 0 Å². The fraction of sp³-hybridized carbons (Fsp3) is 0.949. The van der Waals surface area contributed by atoms with Crippen molar-refractivity contribution in [2.24, 2.45) is 0 Å². The van der Waals surface area contributed by atoms with Gasteiger partial charge in [-0.1, -0.05) is 374 Å². The number of rotatable bonds is 80. The van der Waals surface area contributed by atoms with E-state index in [1.165, 1.54) is 257 Å². The van der Waals surface area contributed by atoms with Crippen molar-refractivity contribution in [2.75, 3.05) is 39.6 Å². The number of hydrogen-bond acceptors (Lipinski definition) is 15. The molecule has 98 heavy (non-hydrogen) atoms. The van der Waals surface area contributed by atoms with Crippen molar-refractivity contribution in [1.29, 1.82) is 0 Å². The molecular weight excluding hydrogens is 1280 g/mol. The number of unbranched alkanes of at least 4 members (excludes halogenated alkanes) is 54. The van der Waals surface area contributed by atoms with E-state index < -0.39 is 97.5 Å². The van der Waals surface area contributed by atoms with E-state index in [-0.39, 0.29) is 25.7 Å². The van der Waals surface area contributed by atoms with E-state index in [4.69, 9.17) is 37.0 Å². The van der Waals surface area contributed by atoms with Crippen molar-refractivity contribution in [3.05, 3.63) is 0 Å². The smallest absolute Gasteiger partial charge is 0.462 e. The lowest BCUT2D eigenvalue weighted by Crippen LogP contribution is -2.30. The van der Waals surface area contributed by atoms with Gasteiger partial charge in [0.15, 0.2) is 12.2 Å². The second kappa shape index (κ2) is 73.4. The Labute approximate surface area is 600 Å². The first kappa shape index (κ1) is 96.1. The summed E-state index contributed by atoms with van der Waals surface area (Å²) in [5.74, 6) is -2.11. The number of esters is 4. The fourth-order valence-electron chi connectivity index (χ4n) is 12.3. The van der Waals surface area contributed by atoms with E-state index in [9.17, 15) is 43.2 Å². The first-order valence-electron chi connectivity index (χ1n) is 41.3. The molecule has 0 rings (SSSR count). The number of aliphatic hydroxyl groups is 1. The largest absolute Gasteiger partial charge is 0.472 e. The molecule has 0 radical (unpaired) electrons. The van der Waals surface area contributed by atoms with Crippen molar-refractivity contribution < 1.29 is 80.2 Å². The minimum Gasteiger partial charge on any atom is -0.462 e. The molecule has 0 amide bonds. The van der Waals surface area contributed by atoms with Crippen molar-refractivity contribution in [3.63, 3.8) is 0 Å². The van der Waals surface area contributed by atoms with Gasteiger partial charge in [0, 0.05) is 25.7 Å². The van der Waals surface area contributed by atoms with Crippen molar-refractivity contribution in [3.8, 4) is 0 Å². The average Bonchev–Trinajstić information content (AvgIpc) is 2.16. The van der Waals surface area contributed by atoms with E-state index in [0.717, 1.165) is 89.9 Å². The van der Waals surface area contributed by atoms with E-state index >= 15 is 0 Å². The highest BCUT2D eigenvalue weighted by Crippen LogP contribution is 2.45. The van der Waals surface area contributed by atoms with E-state index in [0.29, 0.717) is 25.7 Å². The topological polar surface area (TPSA) is 237 Å². The summed E-state index contributed by atoms with van der Waals surface area (Å²) in [5.41, 5.74) is 0. The normalized spacial score (nSPS) is 13.8. The molecule has 0 aromatic carbocycles. The molecule has 5 atom stereocenters. The van der Waals surface area contributed by atoms with Crippen LogP contribution in [0.5, 0.6) is 0 Å². The van der Waals surface area contributed by atoms with Crippen LogP contribution in [0.3, 0.4) is 0 Å². The molecule has 3 N–H and O–H groups in total. The third kappa shape index (κ3) is 72.4. The molecule has 0 saturated carbocycles. The molecular formula is C79H154O17P2. The Morgan fingerprint density at radius 3 is 0.602 bits per heavy atom. The lowest BCUT2D eigenvalue weighted by atomic mass is 10.0. The van der Waals surface area contributed by atoms with E-state index in [1.807, 2.05) is 0 Å². The van der Waals surface area contributed by atoms with Gasteiger partial charge in [0.05, 0.1) is 26.4 Å². The Morgan fingerprint density at radius 1 is 0.245 bits per heavy atom. The molecule has 17 nitrogen and oxygen atoms in total. The van der Waals surface area contributed by atoms with Gasteiger partial charge in [-0.15, -0.1) is 0 Å². The molecule has 582 valence electrons. The summed E-state index contributed by atoms with van der Waals surface area (Å²) in [6, 6.07) is 0. The molecule has 0 aliphatic heterocycles. The number of hydrogen-bond donors (Lipinski definition) is 3. The zero-order chi connectivity index (χ0) is 71.8. The standard InChI is InChI=1S/C79H154O17P2/c1-5-9-13-17-21-25-28-31-33-34-35-36-37-38-39-41-43-46-50-54-58-62-66-79(84)96-75(70-90-77(82)64-60-56-52-48-45-42-40-32-29-26-22-18-14-10-6-2)72-94-98(87,88)92-68-73(80)67-91-97(85,86)93-71-74(69-89-76(81)63-59-55-51-47-24-20-16-12-8-4)95-78(83)65-61-57-53-49-44-30-27-23-19-15-11-7-3/h73-75,80H,5-72H2,1-4H3,(H,85,86)(H,87,88)/t73-,74+,75+/m0/s1. The van der Waals surface area contributed by atoms with Crippen molar-refractivity contribution >= 4 is 39.5 Å². The van der Waals surface area contributed by atoms with Gasteiger partial charge >= 0.3 is 39.5 Å². The molecule has 0 aliphatic carbocycles. The van der Waals surface area contributed by atoms with Gasteiger partial charge < -0.3 is 33.8 Å². The Hall–Kier alpha value is -1.94. The van der Waals surface area contributed by atoms with Crippen molar-refractivity contribution in [1.82, 2.24) is 0 Å². The number of carbonyl (C=O) groups excluding carboxylic acids is 4. The van der Waals surface area contributed by atoms with Crippen LogP contribution in [-0.2, 0) is 65.4 Å². The van der Waals surface area contributed by atoms with Gasteiger partial charge in [-0.25, -0.2) is 9.13 Å². The zero-order valence-electron chi connectivity index (χ0n) is 63.8. The summed E-state index contributed by atoms with van der Waals surface area (Å²) in [6.45, 7) is 4.99. The Balaban J connectivity index is 5.18. The quantitative estimate of drug-likeness (QED) is 0.0222. The second-order valence-electron chi connectivity index (χ2n) is 28.5. The predicted octanol–water partition coefficient (Wildman–Crippen LogP) is 23.8. The van der Waals surface area contributed by atoms with Crippen LogP contribution in [0.25, 0.3) is 0 Å². The van der Waals surface area contributed by atoms with Gasteiger partial charge in [-0.3, -0.25) is 37.3 Å². The first-order chi connectivity index (χ1) is 47.7. The van der Waals surface area contributed by atoms with Crippen LogP contribution in [-0.4, -0.2) is 96.7 Å². The van der Waals surface area contributed by atoms with Crippen LogP contribution in [0.15, 0.2) is 0 Å².